The van der Waals surface area contributed by atoms with Gasteiger partial charge in [-0.15, -0.1) is 0 Å². The molecule has 4 atom stereocenters. The van der Waals surface area contributed by atoms with Crippen LogP contribution in [0.25, 0.3) is 6.08 Å². The van der Waals surface area contributed by atoms with Crippen molar-refractivity contribution >= 4 is 29.7 Å². The second kappa shape index (κ2) is 14.8. The van der Waals surface area contributed by atoms with Crippen LogP contribution in [0.1, 0.15) is 44.2 Å². The molecular weight excluding hydrogens is 496 g/mol. The first kappa shape index (κ1) is 29.6. The summed E-state index contributed by atoms with van der Waals surface area (Å²) in [5, 5.41) is 21.9. The van der Waals surface area contributed by atoms with E-state index in [1.807, 2.05) is 74.5 Å². The highest BCUT2D eigenvalue weighted by Crippen LogP contribution is 2.19. The van der Waals surface area contributed by atoms with E-state index >= 15 is 0 Å². The summed E-state index contributed by atoms with van der Waals surface area (Å²) in [6.45, 7) is 4.57. The minimum absolute atomic E-state index is 0.0808. The van der Waals surface area contributed by atoms with Gasteiger partial charge >= 0.3 is 0 Å². The molecule has 2 aromatic rings. The molecule has 1 aliphatic rings. The van der Waals surface area contributed by atoms with Crippen molar-refractivity contribution in [3.63, 3.8) is 0 Å². The van der Waals surface area contributed by atoms with Crippen molar-refractivity contribution in [1.82, 2.24) is 21.3 Å². The molecule has 0 bridgehead atoms. The van der Waals surface area contributed by atoms with Crippen LogP contribution in [0.3, 0.4) is 0 Å². The summed E-state index contributed by atoms with van der Waals surface area (Å²) in [6, 6.07) is 16.6. The second-order valence-corrected chi connectivity index (χ2v) is 10.2. The lowest BCUT2D eigenvalue weighted by molar-refractivity contribution is -0.135. The Morgan fingerprint density at radius 2 is 1.67 bits per heavy atom. The molecular formula is C30H38N4O5. The van der Waals surface area contributed by atoms with E-state index < -0.39 is 41.8 Å². The zero-order valence-electron chi connectivity index (χ0n) is 22.4. The first-order chi connectivity index (χ1) is 18.7. The first-order valence-corrected chi connectivity index (χ1v) is 13.3. The van der Waals surface area contributed by atoms with Crippen molar-refractivity contribution in [2.45, 2.75) is 57.8 Å². The Kier molecular flexibility index (Phi) is 11.2. The highest BCUT2D eigenvalue weighted by molar-refractivity contribution is 5.95. The van der Waals surface area contributed by atoms with E-state index in [1.54, 1.807) is 6.08 Å². The Bertz CT molecular complexity index is 1140. The first-order valence-electron chi connectivity index (χ1n) is 13.3. The van der Waals surface area contributed by atoms with Gasteiger partial charge in [0.05, 0.1) is 6.04 Å². The van der Waals surface area contributed by atoms with E-state index in [2.05, 4.69) is 21.3 Å². The topological polar surface area (TPSA) is 137 Å². The summed E-state index contributed by atoms with van der Waals surface area (Å²) in [7, 11) is 0. The maximum Gasteiger partial charge on any atom is 0.251 e. The van der Waals surface area contributed by atoms with Crippen molar-refractivity contribution in [3.8, 4) is 0 Å². The van der Waals surface area contributed by atoms with Crippen molar-refractivity contribution in [2.75, 3.05) is 6.54 Å². The zero-order chi connectivity index (χ0) is 28.2. The van der Waals surface area contributed by atoms with Gasteiger partial charge in [0, 0.05) is 25.1 Å². The molecule has 0 spiro atoms. The van der Waals surface area contributed by atoms with Crippen LogP contribution in [-0.4, -0.2) is 53.5 Å². The lowest BCUT2D eigenvalue weighted by atomic mass is 9.93. The standard InChI is InChI=1S/C30H38N4O5/c1-20(2)17-25(33-26(35)14-13-21-9-5-3-6-10-21)29(38)34-24(18-23-15-16-31-28(23)37)27(36)30(39)32-19-22-11-7-4-8-12-22/h3-14,20,23-25,27,36H,15-19H2,1-2H3,(H,31,37)(H,32,39)(H,33,35)(H,34,38)/b14-13+/t23-,24-,25-,27+/m0/s1. The molecule has 9 heteroatoms. The molecule has 0 aliphatic carbocycles. The summed E-state index contributed by atoms with van der Waals surface area (Å²) in [4.78, 5) is 51.1. The Balaban J connectivity index is 1.70. The van der Waals surface area contributed by atoms with E-state index in [1.165, 1.54) is 6.08 Å². The normalized spacial score (nSPS) is 17.3. The van der Waals surface area contributed by atoms with Crippen molar-refractivity contribution in [3.05, 3.63) is 77.9 Å². The van der Waals surface area contributed by atoms with Gasteiger partial charge < -0.3 is 26.4 Å². The van der Waals surface area contributed by atoms with E-state index in [-0.39, 0.29) is 24.8 Å². The Morgan fingerprint density at radius 1 is 1.00 bits per heavy atom. The van der Waals surface area contributed by atoms with Crippen LogP contribution >= 0.6 is 0 Å². The highest BCUT2D eigenvalue weighted by Gasteiger charge is 2.35. The third-order valence-electron chi connectivity index (χ3n) is 6.56. The molecule has 2 aromatic carbocycles. The lowest BCUT2D eigenvalue weighted by Gasteiger charge is -2.28. The molecule has 1 fully saturated rings. The number of carbonyl (C=O) groups excluding carboxylic acids is 4. The predicted octanol–water partition coefficient (Wildman–Crippen LogP) is 1.92. The van der Waals surface area contributed by atoms with Crippen LogP contribution in [0.2, 0.25) is 0 Å². The van der Waals surface area contributed by atoms with Gasteiger partial charge in [-0.05, 0) is 42.4 Å². The van der Waals surface area contributed by atoms with Gasteiger partial charge in [0.2, 0.25) is 17.7 Å². The van der Waals surface area contributed by atoms with E-state index in [9.17, 15) is 24.3 Å². The monoisotopic (exact) mass is 534 g/mol. The number of hydrogen-bond acceptors (Lipinski definition) is 5. The smallest absolute Gasteiger partial charge is 0.251 e. The molecule has 3 rings (SSSR count). The molecule has 0 unspecified atom stereocenters. The van der Waals surface area contributed by atoms with Crippen LogP contribution in [0, 0.1) is 11.8 Å². The number of benzene rings is 2. The summed E-state index contributed by atoms with van der Waals surface area (Å²) < 4.78 is 0. The van der Waals surface area contributed by atoms with Crippen LogP contribution in [-0.2, 0) is 25.7 Å². The van der Waals surface area contributed by atoms with E-state index in [0.29, 0.717) is 19.4 Å². The fourth-order valence-corrected chi connectivity index (χ4v) is 4.46. The molecule has 0 radical (unpaired) electrons. The summed E-state index contributed by atoms with van der Waals surface area (Å²) >= 11 is 0. The van der Waals surface area contributed by atoms with Crippen molar-refractivity contribution in [2.24, 2.45) is 11.8 Å². The van der Waals surface area contributed by atoms with Gasteiger partial charge in [0.1, 0.15) is 6.04 Å². The van der Waals surface area contributed by atoms with Gasteiger partial charge in [0.15, 0.2) is 6.10 Å². The van der Waals surface area contributed by atoms with Crippen molar-refractivity contribution < 1.29 is 24.3 Å². The van der Waals surface area contributed by atoms with Crippen LogP contribution in [0.4, 0.5) is 0 Å². The third-order valence-corrected chi connectivity index (χ3v) is 6.56. The van der Waals surface area contributed by atoms with Gasteiger partial charge in [-0.2, -0.15) is 0 Å². The maximum atomic E-state index is 13.4. The Hall–Kier alpha value is -3.98. The molecule has 0 saturated carbocycles. The fraction of sp³-hybridized carbons (Fsp3) is 0.400. The molecule has 4 amide bonds. The van der Waals surface area contributed by atoms with Crippen LogP contribution in [0.15, 0.2) is 66.7 Å². The molecule has 1 heterocycles. The SMILES string of the molecule is CC(C)C[C@H](NC(=O)/C=C/c1ccccc1)C(=O)N[C@@H](C[C@@H]1CCNC1=O)[C@@H](O)C(=O)NCc1ccccc1. The zero-order valence-corrected chi connectivity index (χ0v) is 22.4. The van der Waals surface area contributed by atoms with Crippen LogP contribution in [0.5, 0.6) is 0 Å². The number of aliphatic hydroxyl groups excluding tert-OH is 1. The summed E-state index contributed by atoms with van der Waals surface area (Å²) in [5.74, 6) is -2.16. The number of carbonyl (C=O) groups is 4. The summed E-state index contributed by atoms with van der Waals surface area (Å²) in [6.07, 6.45) is 2.42. The minimum Gasteiger partial charge on any atom is -0.381 e. The van der Waals surface area contributed by atoms with Gasteiger partial charge in [-0.1, -0.05) is 74.5 Å². The number of rotatable bonds is 13. The number of hydrogen-bond donors (Lipinski definition) is 5. The average Bonchev–Trinajstić information content (AvgIpc) is 3.34. The molecule has 39 heavy (non-hydrogen) atoms. The second-order valence-electron chi connectivity index (χ2n) is 10.2. The maximum absolute atomic E-state index is 13.4. The third kappa shape index (κ3) is 9.68. The quantitative estimate of drug-likeness (QED) is 0.250. The van der Waals surface area contributed by atoms with Gasteiger partial charge in [0.25, 0.3) is 5.91 Å². The molecule has 1 aliphatic heterocycles. The Morgan fingerprint density at radius 3 is 2.28 bits per heavy atom. The van der Waals surface area contributed by atoms with E-state index in [4.69, 9.17) is 0 Å². The van der Waals surface area contributed by atoms with Crippen molar-refractivity contribution in [1.29, 1.82) is 0 Å². The molecule has 1 saturated heterocycles. The fourth-order valence-electron chi connectivity index (χ4n) is 4.46. The predicted molar refractivity (Wildman–Crippen MR) is 149 cm³/mol. The highest BCUT2D eigenvalue weighted by atomic mass is 16.3. The summed E-state index contributed by atoms with van der Waals surface area (Å²) in [5.41, 5.74) is 1.70. The van der Waals surface area contributed by atoms with E-state index in [0.717, 1.165) is 11.1 Å². The largest absolute Gasteiger partial charge is 0.381 e. The number of amides is 4. The number of nitrogens with one attached hydrogen (secondary N) is 4. The molecule has 208 valence electrons. The minimum atomic E-state index is -1.58. The lowest BCUT2D eigenvalue weighted by Crippen LogP contribution is -2.56. The Labute approximate surface area is 229 Å². The molecule has 9 nitrogen and oxygen atoms in total. The average molecular weight is 535 g/mol. The number of aliphatic hydroxyl groups is 1. The molecule has 0 aromatic heterocycles. The van der Waals surface area contributed by atoms with Gasteiger partial charge in [-0.25, -0.2) is 0 Å². The van der Waals surface area contributed by atoms with Crippen LogP contribution < -0.4 is 21.3 Å². The van der Waals surface area contributed by atoms with Gasteiger partial charge in [-0.3, -0.25) is 19.2 Å². The molecule has 5 N–H and O–H groups in total.